The molecule has 1 N–H and O–H groups in total. The van der Waals surface area contributed by atoms with Gasteiger partial charge in [-0.05, 0) is 41.5 Å². The van der Waals surface area contributed by atoms with E-state index in [0.717, 1.165) is 16.8 Å². The minimum absolute atomic E-state index is 0.102. The Balaban J connectivity index is 1.90. The summed E-state index contributed by atoms with van der Waals surface area (Å²) in [4.78, 5) is 18.9. The molecule has 1 unspecified atom stereocenters. The van der Waals surface area contributed by atoms with E-state index < -0.39 is 0 Å². The maximum atomic E-state index is 12.8. The van der Waals surface area contributed by atoms with Gasteiger partial charge in [0.05, 0.1) is 6.04 Å². The Bertz CT molecular complexity index is 793. The Morgan fingerprint density at radius 2 is 1.60 bits per heavy atom. The summed E-state index contributed by atoms with van der Waals surface area (Å²) in [6, 6.07) is 21.2. The van der Waals surface area contributed by atoms with Gasteiger partial charge in [0.25, 0.3) is 5.91 Å². The minimum Gasteiger partial charge on any atom is -0.378 e. The van der Waals surface area contributed by atoms with Crippen molar-refractivity contribution >= 4 is 11.6 Å². The van der Waals surface area contributed by atoms with E-state index in [0.29, 0.717) is 5.56 Å². The highest BCUT2D eigenvalue weighted by atomic mass is 16.1. The molecule has 2 aromatic carbocycles. The molecule has 1 aromatic heterocycles. The lowest BCUT2D eigenvalue weighted by Gasteiger charge is -2.20. The molecule has 1 amide bonds. The molecule has 4 heteroatoms. The molecule has 126 valence electrons. The summed E-state index contributed by atoms with van der Waals surface area (Å²) in [5.74, 6) is -0.102. The van der Waals surface area contributed by atoms with Gasteiger partial charge in [0.15, 0.2) is 0 Å². The van der Waals surface area contributed by atoms with Gasteiger partial charge in [-0.3, -0.25) is 9.78 Å². The number of anilines is 1. The van der Waals surface area contributed by atoms with Crippen molar-refractivity contribution in [3.63, 3.8) is 0 Å². The average molecular weight is 331 g/mol. The fourth-order valence-corrected chi connectivity index (χ4v) is 2.70. The van der Waals surface area contributed by atoms with Gasteiger partial charge in [-0.25, -0.2) is 0 Å². The smallest absolute Gasteiger partial charge is 0.252 e. The van der Waals surface area contributed by atoms with Crippen LogP contribution in [0.25, 0.3) is 0 Å². The first-order valence-corrected chi connectivity index (χ1v) is 8.18. The minimum atomic E-state index is -0.222. The van der Waals surface area contributed by atoms with Crippen LogP contribution in [0, 0.1) is 0 Å². The summed E-state index contributed by atoms with van der Waals surface area (Å²) < 4.78 is 0. The molecule has 0 aliphatic rings. The monoisotopic (exact) mass is 331 g/mol. The molecule has 3 rings (SSSR count). The number of nitrogens with one attached hydrogen (secondary N) is 1. The highest BCUT2D eigenvalue weighted by molar-refractivity contribution is 5.95. The first kappa shape index (κ1) is 16.7. The van der Waals surface area contributed by atoms with E-state index >= 15 is 0 Å². The number of carbonyl (C=O) groups excluding carboxylic acids is 1. The fourth-order valence-electron chi connectivity index (χ4n) is 2.70. The van der Waals surface area contributed by atoms with Gasteiger partial charge < -0.3 is 10.2 Å². The number of rotatable bonds is 5. The van der Waals surface area contributed by atoms with Crippen molar-refractivity contribution in [2.75, 3.05) is 19.0 Å². The van der Waals surface area contributed by atoms with Gasteiger partial charge in [0.2, 0.25) is 0 Å². The molecule has 0 aliphatic heterocycles. The van der Waals surface area contributed by atoms with E-state index in [1.165, 1.54) is 0 Å². The van der Waals surface area contributed by atoms with Crippen LogP contribution in [0.5, 0.6) is 0 Å². The topological polar surface area (TPSA) is 45.2 Å². The number of benzene rings is 2. The third-order valence-electron chi connectivity index (χ3n) is 4.07. The summed E-state index contributed by atoms with van der Waals surface area (Å²) in [5.41, 5.74) is 3.66. The summed E-state index contributed by atoms with van der Waals surface area (Å²) >= 11 is 0. The molecular weight excluding hydrogens is 310 g/mol. The number of hydrogen-bond acceptors (Lipinski definition) is 3. The Morgan fingerprint density at radius 1 is 0.920 bits per heavy atom. The van der Waals surface area contributed by atoms with Crippen molar-refractivity contribution in [1.82, 2.24) is 10.3 Å². The van der Waals surface area contributed by atoms with Crippen molar-refractivity contribution in [1.29, 1.82) is 0 Å². The zero-order valence-electron chi connectivity index (χ0n) is 14.4. The molecule has 0 radical (unpaired) electrons. The second-order valence-corrected chi connectivity index (χ2v) is 6.04. The number of nitrogens with zero attached hydrogens (tertiary/aromatic N) is 2. The Hall–Kier alpha value is -3.14. The molecule has 1 atom stereocenters. The lowest BCUT2D eigenvalue weighted by atomic mass is 9.99. The number of carbonyl (C=O) groups is 1. The predicted octanol–water partition coefficient (Wildman–Crippen LogP) is 3.67. The van der Waals surface area contributed by atoms with Crippen molar-refractivity contribution < 1.29 is 4.79 Å². The van der Waals surface area contributed by atoms with Crippen LogP contribution in [0.1, 0.15) is 27.5 Å². The summed E-state index contributed by atoms with van der Waals surface area (Å²) in [6.07, 6.45) is 3.48. The molecule has 0 aliphatic carbocycles. The van der Waals surface area contributed by atoms with Crippen molar-refractivity contribution in [2.45, 2.75) is 6.04 Å². The molecule has 0 saturated heterocycles. The van der Waals surface area contributed by atoms with Gasteiger partial charge in [0, 0.05) is 37.7 Å². The standard InChI is InChI=1S/C21H21N3O/c1-24(2)19-10-6-9-18(15-19)21(25)23-20(16-7-4-3-5-8-16)17-11-13-22-14-12-17/h3-15,20H,1-2H3,(H,23,25). The normalized spacial score (nSPS) is 11.6. The van der Waals surface area contributed by atoms with Crippen LogP contribution in [-0.2, 0) is 0 Å². The van der Waals surface area contributed by atoms with Crippen LogP contribution in [0.2, 0.25) is 0 Å². The second-order valence-electron chi connectivity index (χ2n) is 6.04. The Labute approximate surface area is 148 Å². The fraction of sp³-hybridized carbons (Fsp3) is 0.143. The summed E-state index contributed by atoms with van der Waals surface area (Å²) in [5, 5.41) is 3.15. The first-order chi connectivity index (χ1) is 12.1. The maximum absolute atomic E-state index is 12.8. The maximum Gasteiger partial charge on any atom is 0.252 e. The van der Waals surface area contributed by atoms with Crippen molar-refractivity contribution in [2.24, 2.45) is 0 Å². The van der Waals surface area contributed by atoms with Gasteiger partial charge >= 0.3 is 0 Å². The van der Waals surface area contributed by atoms with E-state index in [1.807, 2.05) is 85.7 Å². The molecule has 3 aromatic rings. The number of aromatic nitrogens is 1. The third-order valence-corrected chi connectivity index (χ3v) is 4.07. The zero-order valence-corrected chi connectivity index (χ0v) is 14.4. The van der Waals surface area contributed by atoms with Crippen molar-refractivity contribution in [3.8, 4) is 0 Å². The van der Waals surface area contributed by atoms with Crippen LogP contribution in [0.3, 0.4) is 0 Å². The molecule has 0 spiro atoms. The summed E-state index contributed by atoms with van der Waals surface area (Å²) in [6.45, 7) is 0. The van der Waals surface area contributed by atoms with Crippen LogP contribution < -0.4 is 10.2 Å². The van der Waals surface area contributed by atoms with Crippen LogP contribution in [0.4, 0.5) is 5.69 Å². The van der Waals surface area contributed by atoms with E-state index in [1.54, 1.807) is 12.4 Å². The van der Waals surface area contributed by atoms with Crippen molar-refractivity contribution in [3.05, 3.63) is 95.8 Å². The van der Waals surface area contributed by atoms with Gasteiger partial charge in [-0.1, -0.05) is 36.4 Å². The molecule has 25 heavy (non-hydrogen) atoms. The number of hydrogen-bond donors (Lipinski definition) is 1. The zero-order chi connectivity index (χ0) is 17.6. The molecule has 0 bridgehead atoms. The van der Waals surface area contributed by atoms with E-state index in [9.17, 15) is 4.79 Å². The van der Waals surface area contributed by atoms with Gasteiger partial charge in [-0.2, -0.15) is 0 Å². The molecule has 0 saturated carbocycles. The molecule has 1 heterocycles. The lowest BCUT2D eigenvalue weighted by Crippen LogP contribution is -2.29. The predicted molar refractivity (Wildman–Crippen MR) is 101 cm³/mol. The van der Waals surface area contributed by atoms with Crippen LogP contribution >= 0.6 is 0 Å². The first-order valence-electron chi connectivity index (χ1n) is 8.18. The summed E-state index contributed by atoms with van der Waals surface area (Å²) in [7, 11) is 3.92. The number of pyridine rings is 1. The third kappa shape index (κ3) is 4.04. The van der Waals surface area contributed by atoms with Crippen LogP contribution in [0.15, 0.2) is 79.1 Å². The Kier molecular flexibility index (Phi) is 5.09. The highest BCUT2D eigenvalue weighted by Gasteiger charge is 2.18. The molecule has 0 fully saturated rings. The average Bonchev–Trinajstić information content (AvgIpc) is 2.67. The van der Waals surface area contributed by atoms with E-state index in [-0.39, 0.29) is 11.9 Å². The Morgan fingerprint density at radius 3 is 2.28 bits per heavy atom. The SMILES string of the molecule is CN(C)c1cccc(C(=O)NC(c2ccccc2)c2ccncc2)c1. The van der Waals surface area contributed by atoms with E-state index in [4.69, 9.17) is 0 Å². The quantitative estimate of drug-likeness (QED) is 0.776. The largest absolute Gasteiger partial charge is 0.378 e. The highest BCUT2D eigenvalue weighted by Crippen LogP contribution is 2.22. The second kappa shape index (κ2) is 7.62. The number of amides is 1. The molecule has 4 nitrogen and oxygen atoms in total. The lowest BCUT2D eigenvalue weighted by molar-refractivity contribution is 0.0943. The van der Waals surface area contributed by atoms with Gasteiger partial charge in [-0.15, -0.1) is 0 Å². The van der Waals surface area contributed by atoms with Gasteiger partial charge in [0.1, 0.15) is 0 Å². The van der Waals surface area contributed by atoms with E-state index in [2.05, 4.69) is 10.3 Å². The van der Waals surface area contributed by atoms with Crippen LogP contribution in [-0.4, -0.2) is 25.0 Å². The molecular formula is C21H21N3O.